The molecule has 1 atom stereocenters. The fourth-order valence-electron chi connectivity index (χ4n) is 2.95. The molecule has 1 amide bonds. The Morgan fingerprint density at radius 1 is 1.33 bits per heavy atom. The van der Waals surface area contributed by atoms with Gasteiger partial charge in [-0.25, -0.2) is 0 Å². The van der Waals surface area contributed by atoms with E-state index in [1.54, 1.807) is 12.4 Å². The van der Waals surface area contributed by atoms with Crippen molar-refractivity contribution < 1.29 is 14.3 Å². The topological polar surface area (TPSA) is 71.5 Å². The lowest BCUT2D eigenvalue weighted by molar-refractivity contribution is -0.148. The van der Waals surface area contributed by atoms with Crippen molar-refractivity contribution in [1.82, 2.24) is 15.2 Å². The molecule has 1 aromatic rings. The van der Waals surface area contributed by atoms with Crippen LogP contribution in [0.2, 0.25) is 0 Å². The van der Waals surface area contributed by atoms with Crippen LogP contribution < -0.4 is 5.32 Å². The average molecular weight is 333 g/mol. The predicted octanol–water partition coefficient (Wildman–Crippen LogP) is 1.75. The van der Waals surface area contributed by atoms with Gasteiger partial charge in [0.2, 0.25) is 5.91 Å². The van der Waals surface area contributed by atoms with Crippen LogP contribution >= 0.6 is 0 Å². The van der Waals surface area contributed by atoms with Crippen LogP contribution in [-0.4, -0.2) is 48.0 Å². The van der Waals surface area contributed by atoms with Gasteiger partial charge in [-0.05, 0) is 50.4 Å². The van der Waals surface area contributed by atoms with E-state index in [9.17, 15) is 9.59 Å². The fraction of sp³-hybridized carbons (Fsp3) is 0.611. The summed E-state index contributed by atoms with van der Waals surface area (Å²) in [7, 11) is 0. The van der Waals surface area contributed by atoms with E-state index < -0.39 is 0 Å². The molecule has 1 N–H and O–H groups in total. The summed E-state index contributed by atoms with van der Waals surface area (Å²) in [6, 6.07) is 3.99. The Morgan fingerprint density at radius 2 is 2.12 bits per heavy atom. The highest BCUT2D eigenvalue weighted by Crippen LogP contribution is 2.16. The Hall–Kier alpha value is -1.95. The summed E-state index contributed by atoms with van der Waals surface area (Å²) in [5.41, 5.74) is 1.18. The van der Waals surface area contributed by atoms with E-state index in [1.807, 2.05) is 19.1 Å². The molecule has 6 heteroatoms. The van der Waals surface area contributed by atoms with Gasteiger partial charge in [0.1, 0.15) is 0 Å². The maximum Gasteiger partial charge on any atom is 0.308 e. The van der Waals surface area contributed by atoms with Crippen molar-refractivity contribution in [2.45, 2.75) is 39.2 Å². The summed E-state index contributed by atoms with van der Waals surface area (Å²) in [5, 5.41) is 2.91. The number of ether oxygens (including phenoxy) is 1. The first-order valence-corrected chi connectivity index (χ1v) is 8.73. The van der Waals surface area contributed by atoms with Crippen LogP contribution in [0.4, 0.5) is 0 Å². The zero-order chi connectivity index (χ0) is 17.2. The van der Waals surface area contributed by atoms with E-state index in [0.717, 1.165) is 32.5 Å². The number of nitrogens with one attached hydrogen (secondary N) is 1. The fourth-order valence-corrected chi connectivity index (χ4v) is 2.95. The third-order valence-electron chi connectivity index (χ3n) is 4.27. The van der Waals surface area contributed by atoms with Gasteiger partial charge >= 0.3 is 5.97 Å². The summed E-state index contributed by atoms with van der Waals surface area (Å²) in [4.78, 5) is 30.3. The smallest absolute Gasteiger partial charge is 0.308 e. The third-order valence-corrected chi connectivity index (χ3v) is 4.27. The molecular weight excluding hydrogens is 306 g/mol. The second-order valence-corrected chi connectivity index (χ2v) is 6.11. The van der Waals surface area contributed by atoms with Crippen molar-refractivity contribution in [3.63, 3.8) is 0 Å². The zero-order valence-corrected chi connectivity index (χ0v) is 14.4. The van der Waals surface area contributed by atoms with Gasteiger partial charge in [0.15, 0.2) is 0 Å². The Morgan fingerprint density at radius 3 is 2.88 bits per heavy atom. The molecule has 24 heavy (non-hydrogen) atoms. The SMILES string of the molecule is CCOC(=O)C1CCCN(Cc2ccncc2)CCC(=O)NCC1. The number of esters is 1. The summed E-state index contributed by atoms with van der Waals surface area (Å²) in [5.74, 6) is -0.239. The second-order valence-electron chi connectivity index (χ2n) is 6.11. The Kier molecular flexibility index (Phi) is 7.68. The molecular formula is C18H27N3O3. The molecule has 0 aromatic carbocycles. The van der Waals surface area contributed by atoms with Gasteiger partial charge in [0.25, 0.3) is 0 Å². The minimum Gasteiger partial charge on any atom is -0.466 e. The summed E-state index contributed by atoms with van der Waals surface area (Å²) < 4.78 is 5.16. The molecule has 2 rings (SSSR count). The molecule has 0 saturated carbocycles. The number of hydrogen-bond acceptors (Lipinski definition) is 5. The van der Waals surface area contributed by atoms with E-state index in [2.05, 4.69) is 15.2 Å². The van der Waals surface area contributed by atoms with Gasteiger partial charge in [0, 0.05) is 38.4 Å². The van der Waals surface area contributed by atoms with Crippen molar-refractivity contribution in [3.8, 4) is 0 Å². The Balaban J connectivity index is 1.96. The maximum absolute atomic E-state index is 12.0. The van der Waals surface area contributed by atoms with Crippen LogP contribution in [0.25, 0.3) is 0 Å². The van der Waals surface area contributed by atoms with Gasteiger partial charge < -0.3 is 10.1 Å². The Bertz CT molecular complexity index is 522. The monoisotopic (exact) mass is 333 g/mol. The normalized spacial score (nSPS) is 20.7. The van der Waals surface area contributed by atoms with Crippen molar-refractivity contribution in [1.29, 1.82) is 0 Å². The lowest BCUT2D eigenvalue weighted by atomic mass is 9.99. The van der Waals surface area contributed by atoms with Crippen molar-refractivity contribution in [3.05, 3.63) is 30.1 Å². The maximum atomic E-state index is 12.0. The average Bonchev–Trinajstić information content (AvgIpc) is 2.62. The summed E-state index contributed by atoms with van der Waals surface area (Å²) in [6.07, 6.45) is 6.41. The van der Waals surface area contributed by atoms with Crippen LogP contribution in [0.5, 0.6) is 0 Å². The van der Waals surface area contributed by atoms with E-state index in [1.165, 1.54) is 5.56 Å². The number of pyridine rings is 1. The van der Waals surface area contributed by atoms with Crippen LogP contribution in [0.15, 0.2) is 24.5 Å². The molecule has 1 aliphatic rings. The molecule has 0 aliphatic carbocycles. The highest BCUT2D eigenvalue weighted by Gasteiger charge is 2.21. The Labute approximate surface area is 143 Å². The van der Waals surface area contributed by atoms with E-state index in [-0.39, 0.29) is 17.8 Å². The highest BCUT2D eigenvalue weighted by atomic mass is 16.5. The second kappa shape index (κ2) is 10.0. The lowest BCUT2D eigenvalue weighted by Crippen LogP contribution is -2.31. The summed E-state index contributed by atoms with van der Waals surface area (Å²) in [6.45, 7) is 5.13. The summed E-state index contributed by atoms with van der Waals surface area (Å²) >= 11 is 0. The number of amides is 1. The van der Waals surface area contributed by atoms with Gasteiger partial charge in [-0.2, -0.15) is 0 Å². The third kappa shape index (κ3) is 6.28. The van der Waals surface area contributed by atoms with E-state index >= 15 is 0 Å². The molecule has 132 valence electrons. The van der Waals surface area contributed by atoms with E-state index in [4.69, 9.17) is 4.74 Å². The molecule has 1 aliphatic heterocycles. The number of rotatable bonds is 4. The first-order valence-electron chi connectivity index (χ1n) is 8.73. The molecule has 6 nitrogen and oxygen atoms in total. The van der Waals surface area contributed by atoms with Crippen LogP contribution in [0.1, 0.15) is 38.2 Å². The first kappa shape index (κ1) is 18.4. The quantitative estimate of drug-likeness (QED) is 0.850. The van der Waals surface area contributed by atoms with Crippen molar-refractivity contribution in [2.75, 3.05) is 26.2 Å². The van der Waals surface area contributed by atoms with Gasteiger partial charge in [0.05, 0.1) is 12.5 Å². The molecule has 0 spiro atoms. The predicted molar refractivity (Wildman–Crippen MR) is 91.1 cm³/mol. The molecule has 1 unspecified atom stereocenters. The highest BCUT2D eigenvalue weighted by molar-refractivity contribution is 5.76. The number of aromatic nitrogens is 1. The van der Waals surface area contributed by atoms with Gasteiger partial charge in [-0.1, -0.05) is 0 Å². The molecule has 2 heterocycles. The van der Waals surface area contributed by atoms with Crippen LogP contribution in [-0.2, 0) is 20.9 Å². The molecule has 1 saturated heterocycles. The first-order chi connectivity index (χ1) is 11.7. The van der Waals surface area contributed by atoms with Gasteiger partial charge in [-0.3, -0.25) is 19.5 Å². The van der Waals surface area contributed by atoms with E-state index in [0.29, 0.717) is 26.0 Å². The number of carbonyl (C=O) groups is 2. The lowest BCUT2D eigenvalue weighted by Gasteiger charge is -2.22. The van der Waals surface area contributed by atoms with Gasteiger partial charge in [-0.15, -0.1) is 0 Å². The molecule has 0 radical (unpaired) electrons. The molecule has 1 aromatic heterocycles. The minimum absolute atomic E-state index is 0.0410. The van der Waals surface area contributed by atoms with Crippen LogP contribution in [0.3, 0.4) is 0 Å². The number of nitrogens with zero attached hydrogens (tertiary/aromatic N) is 2. The minimum atomic E-state index is -0.147. The zero-order valence-electron chi connectivity index (χ0n) is 14.4. The molecule has 1 fully saturated rings. The van der Waals surface area contributed by atoms with Crippen LogP contribution in [0, 0.1) is 5.92 Å². The number of hydrogen-bond donors (Lipinski definition) is 1. The van der Waals surface area contributed by atoms with Crippen molar-refractivity contribution >= 4 is 11.9 Å². The standard InChI is InChI=1S/C18H27N3O3/c1-2-24-18(23)16-4-3-12-21(13-8-17(22)20-11-7-16)14-15-5-9-19-10-6-15/h5-6,9-10,16H,2-4,7-8,11-14H2,1H3,(H,20,22). The van der Waals surface area contributed by atoms with Crippen molar-refractivity contribution in [2.24, 2.45) is 5.92 Å². The number of carbonyl (C=O) groups excluding carboxylic acids is 2. The largest absolute Gasteiger partial charge is 0.466 e. The molecule has 0 bridgehead atoms.